The Bertz CT molecular complexity index is 1020. The van der Waals surface area contributed by atoms with E-state index in [0.29, 0.717) is 49.6 Å². The highest BCUT2D eigenvalue weighted by Gasteiger charge is 2.30. The van der Waals surface area contributed by atoms with Crippen LogP contribution in [0.25, 0.3) is 5.65 Å². The second-order valence-corrected chi connectivity index (χ2v) is 9.38. The summed E-state index contributed by atoms with van der Waals surface area (Å²) in [7, 11) is 0. The summed E-state index contributed by atoms with van der Waals surface area (Å²) >= 11 is 1.33. The van der Waals surface area contributed by atoms with Gasteiger partial charge in [-0.25, -0.2) is 14.1 Å². The highest BCUT2D eigenvalue weighted by Crippen LogP contribution is 2.31. The van der Waals surface area contributed by atoms with Crippen LogP contribution in [-0.2, 0) is 9.47 Å². The van der Waals surface area contributed by atoms with Crippen LogP contribution in [0.2, 0.25) is 0 Å². The number of thioether (sulfide) groups is 1. The van der Waals surface area contributed by atoms with E-state index in [0.717, 1.165) is 5.69 Å². The molecule has 2 aromatic heterocycles. The van der Waals surface area contributed by atoms with Crippen LogP contribution in [0, 0.1) is 0 Å². The second kappa shape index (κ2) is 9.33. The van der Waals surface area contributed by atoms with Crippen molar-refractivity contribution in [1.29, 1.82) is 0 Å². The van der Waals surface area contributed by atoms with Crippen LogP contribution >= 0.6 is 11.8 Å². The molecule has 0 aromatic carbocycles. The molecule has 1 fully saturated rings. The molecular formula is C21H30N4O5S. The summed E-state index contributed by atoms with van der Waals surface area (Å²) in [6.07, 6.45) is 3.54. The van der Waals surface area contributed by atoms with Crippen molar-refractivity contribution in [3.8, 4) is 0 Å². The molecule has 1 amide bonds. The lowest BCUT2D eigenvalue weighted by molar-refractivity contribution is 0.0203. The number of amides is 1. The summed E-state index contributed by atoms with van der Waals surface area (Å²) in [6.45, 7) is 8.80. The largest absolute Gasteiger partial charge is 0.462 e. The monoisotopic (exact) mass is 450 g/mol. The van der Waals surface area contributed by atoms with Gasteiger partial charge in [0.15, 0.2) is 5.65 Å². The molecule has 1 aliphatic heterocycles. The number of carbonyl (C=O) groups excluding carboxylic acids is 2. The lowest BCUT2D eigenvalue weighted by atomic mass is 9.93. The fourth-order valence-corrected chi connectivity index (χ4v) is 4.16. The first-order valence-electron chi connectivity index (χ1n) is 10.5. The number of nitrogens with zero attached hydrogens (tertiary/aromatic N) is 3. The number of rotatable bonds is 5. The summed E-state index contributed by atoms with van der Waals surface area (Å²) in [5, 5.41) is 5.09. The van der Waals surface area contributed by atoms with E-state index in [1.54, 1.807) is 9.42 Å². The lowest BCUT2D eigenvalue weighted by Crippen LogP contribution is -2.41. The Balaban J connectivity index is 1.88. The molecule has 9 nitrogen and oxygen atoms in total. The average molecular weight is 451 g/mol. The first kappa shape index (κ1) is 23.2. The SMILES string of the molecule is CCCOC(=O)c1c(SC)nn2c(C3CCN(C(=O)OC(C)(C)C)CC3)cc(=O)[nH]c12. The minimum atomic E-state index is -0.543. The van der Waals surface area contributed by atoms with Crippen LogP contribution in [-0.4, -0.2) is 63.1 Å². The molecule has 31 heavy (non-hydrogen) atoms. The van der Waals surface area contributed by atoms with Crippen molar-refractivity contribution in [2.75, 3.05) is 26.0 Å². The number of fused-ring (bicyclic) bond motifs is 1. The molecular weight excluding hydrogens is 420 g/mol. The van der Waals surface area contributed by atoms with Crippen LogP contribution < -0.4 is 5.56 Å². The van der Waals surface area contributed by atoms with Gasteiger partial charge in [0.2, 0.25) is 0 Å². The lowest BCUT2D eigenvalue weighted by Gasteiger charge is -2.33. The third-order valence-electron chi connectivity index (χ3n) is 5.02. The number of aromatic amines is 1. The first-order chi connectivity index (χ1) is 14.6. The Kier molecular flexibility index (Phi) is 6.98. The molecule has 170 valence electrons. The maximum absolute atomic E-state index is 12.6. The normalized spacial score (nSPS) is 15.3. The van der Waals surface area contributed by atoms with Crippen LogP contribution in [0.4, 0.5) is 4.79 Å². The number of H-pyrrole nitrogens is 1. The fourth-order valence-electron chi connectivity index (χ4n) is 3.62. The third-order valence-corrected chi connectivity index (χ3v) is 5.69. The molecule has 0 bridgehead atoms. The molecule has 0 spiro atoms. The van der Waals surface area contributed by atoms with Gasteiger partial charge in [-0.2, -0.15) is 5.10 Å². The van der Waals surface area contributed by atoms with Gasteiger partial charge in [0.25, 0.3) is 5.56 Å². The maximum atomic E-state index is 12.6. The third kappa shape index (κ3) is 5.23. The molecule has 0 saturated carbocycles. The van der Waals surface area contributed by atoms with Crippen molar-refractivity contribution in [1.82, 2.24) is 19.5 Å². The Hall–Kier alpha value is -2.49. The standard InChI is InChI=1S/C21H30N4O5S/c1-6-11-29-19(27)16-17-22-15(26)12-14(25(17)23-18(16)31-5)13-7-9-24(10-8-13)20(28)30-21(2,3)4/h12-13H,6-11H2,1-5H3,(H,22,26). The smallest absolute Gasteiger partial charge is 0.410 e. The van der Waals surface area contributed by atoms with E-state index < -0.39 is 11.6 Å². The minimum absolute atomic E-state index is 0.0256. The molecule has 0 unspecified atom stereocenters. The second-order valence-electron chi connectivity index (χ2n) is 8.58. The van der Waals surface area contributed by atoms with Crippen molar-refractivity contribution in [2.45, 2.75) is 63.5 Å². The molecule has 1 N–H and O–H groups in total. The Labute approximate surface area is 185 Å². The number of hydrogen-bond acceptors (Lipinski definition) is 7. The van der Waals surface area contributed by atoms with Gasteiger partial charge in [0, 0.05) is 25.1 Å². The van der Waals surface area contributed by atoms with E-state index in [1.807, 2.05) is 34.0 Å². The summed E-state index contributed by atoms with van der Waals surface area (Å²) in [4.78, 5) is 41.8. The minimum Gasteiger partial charge on any atom is -0.462 e. The topological polar surface area (TPSA) is 106 Å². The van der Waals surface area contributed by atoms with E-state index in [4.69, 9.17) is 9.47 Å². The van der Waals surface area contributed by atoms with Gasteiger partial charge in [0.05, 0.1) is 12.3 Å². The Morgan fingerprint density at radius 2 is 1.97 bits per heavy atom. The van der Waals surface area contributed by atoms with Gasteiger partial charge < -0.3 is 19.4 Å². The highest BCUT2D eigenvalue weighted by molar-refractivity contribution is 7.98. The molecule has 0 atom stereocenters. The number of likely N-dealkylation sites (tertiary alicyclic amines) is 1. The van der Waals surface area contributed by atoms with Crippen LogP contribution in [0.15, 0.2) is 15.9 Å². The number of aromatic nitrogens is 3. The van der Waals surface area contributed by atoms with E-state index >= 15 is 0 Å². The molecule has 3 rings (SSSR count). The highest BCUT2D eigenvalue weighted by atomic mass is 32.2. The molecule has 3 heterocycles. The molecule has 0 aliphatic carbocycles. The maximum Gasteiger partial charge on any atom is 0.410 e. The molecule has 1 saturated heterocycles. The van der Waals surface area contributed by atoms with Gasteiger partial charge >= 0.3 is 12.1 Å². The Morgan fingerprint density at radius 3 is 2.55 bits per heavy atom. The van der Waals surface area contributed by atoms with E-state index in [9.17, 15) is 14.4 Å². The zero-order chi connectivity index (χ0) is 22.8. The summed E-state index contributed by atoms with van der Waals surface area (Å²) in [5.74, 6) is -0.466. The molecule has 10 heteroatoms. The van der Waals surface area contributed by atoms with Gasteiger partial charge in [-0.1, -0.05) is 6.92 Å². The zero-order valence-corrected chi connectivity index (χ0v) is 19.5. The van der Waals surface area contributed by atoms with Gasteiger partial charge in [-0.15, -0.1) is 11.8 Å². The number of carbonyl (C=O) groups is 2. The number of nitrogens with one attached hydrogen (secondary N) is 1. The van der Waals surface area contributed by atoms with Crippen molar-refractivity contribution in [3.05, 3.63) is 27.7 Å². The first-order valence-corrected chi connectivity index (χ1v) is 11.7. The van der Waals surface area contributed by atoms with Crippen molar-refractivity contribution < 1.29 is 19.1 Å². The predicted octanol–water partition coefficient (Wildman–Crippen LogP) is 3.43. The van der Waals surface area contributed by atoms with Crippen molar-refractivity contribution in [2.24, 2.45) is 0 Å². The van der Waals surface area contributed by atoms with E-state index in [-0.39, 0.29) is 23.1 Å². The zero-order valence-electron chi connectivity index (χ0n) is 18.7. The number of hydrogen-bond donors (Lipinski definition) is 1. The van der Waals surface area contributed by atoms with Crippen molar-refractivity contribution in [3.63, 3.8) is 0 Å². The predicted molar refractivity (Wildman–Crippen MR) is 118 cm³/mol. The van der Waals surface area contributed by atoms with Crippen LogP contribution in [0.1, 0.15) is 68.9 Å². The fraction of sp³-hybridized carbons (Fsp3) is 0.619. The van der Waals surface area contributed by atoms with Crippen molar-refractivity contribution >= 4 is 29.5 Å². The van der Waals surface area contributed by atoms with Crippen LogP contribution in [0.3, 0.4) is 0 Å². The number of piperidine rings is 1. The van der Waals surface area contributed by atoms with Gasteiger partial charge in [0.1, 0.15) is 16.2 Å². The van der Waals surface area contributed by atoms with Gasteiger partial charge in [-0.05, 0) is 46.3 Å². The van der Waals surface area contributed by atoms with Crippen LogP contribution in [0.5, 0.6) is 0 Å². The molecule has 2 aromatic rings. The summed E-state index contributed by atoms with van der Waals surface area (Å²) in [6, 6.07) is 1.53. The molecule has 0 radical (unpaired) electrons. The van der Waals surface area contributed by atoms with Gasteiger partial charge in [-0.3, -0.25) is 4.79 Å². The summed E-state index contributed by atoms with van der Waals surface area (Å²) in [5.41, 5.74) is 0.522. The number of esters is 1. The summed E-state index contributed by atoms with van der Waals surface area (Å²) < 4.78 is 12.4. The number of ether oxygens (including phenoxy) is 2. The quantitative estimate of drug-likeness (QED) is 0.549. The van der Waals surface area contributed by atoms with E-state index in [2.05, 4.69) is 10.1 Å². The molecule has 1 aliphatic rings. The Morgan fingerprint density at radius 1 is 1.29 bits per heavy atom. The average Bonchev–Trinajstić information content (AvgIpc) is 3.08. The van der Waals surface area contributed by atoms with E-state index in [1.165, 1.54) is 17.8 Å².